The van der Waals surface area contributed by atoms with Crippen LogP contribution in [0.15, 0.2) is 0 Å². The van der Waals surface area contributed by atoms with Crippen LogP contribution in [-0.4, -0.2) is 33.9 Å². The first-order valence-corrected chi connectivity index (χ1v) is 6.21. The molecule has 0 aromatic heterocycles. The van der Waals surface area contributed by atoms with Gasteiger partial charge in [-0.05, 0) is 36.7 Å². The molecule has 0 radical (unpaired) electrons. The fourth-order valence-electron chi connectivity index (χ4n) is 2.71. The third kappa shape index (κ3) is 1.32. The summed E-state index contributed by atoms with van der Waals surface area (Å²) in [6.07, 6.45) is 2.73. The third-order valence-electron chi connectivity index (χ3n) is 3.98. The van der Waals surface area contributed by atoms with E-state index < -0.39 is 5.60 Å². The molecular formula is C10H18O2S. The first-order valence-electron chi connectivity index (χ1n) is 5.06. The van der Waals surface area contributed by atoms with E-state index in [-0.39, 0.29) is 12.0 Å². The lowest BCUT2D eigenvalue weighted by Crippen LogP contribution is -2.45. The standard InChI is InChI=1S/C10H18O2S/c1-8-6-9(8,7-11)10(12)2-4-13-5-3-10/h8,11-12H,2-7H2,1H3. The summed E-state index contributed by atoms with van der Waals surface area (Å²) in [6, 6.07) is 0. The lowest BCUT2D eigenvalue weighted by atomic mass is 9.78. The van der Waals surface area contributed by atoms with Crippen molar-refractivity contribution in [1.82, 2.24) is 0 Å². The summed E-state index contributed by atoms with van der Waals surface area (Å²) >= 11 is 1.91. The van der Waals surface area contributed by atoms with Crippen LogP contribution in [0.3, 0.4) is 0 Å². The van der Waals surface area contributed by atoms with Crippen molar-refractivity contribution in [2.75, 3.05) is 18.1 Å². The second-order valence-corrected chi connectivity index (χ2v) is 5.79. The van der Waals surface area contributed by atoms with Crippen molar-refractivity contribution in [1.29, 1.82) is 0 Å². The van der Waals surface area contributed by atoms with Gasteiger partial charge in [0.2, 0.25) is 0 Å². The molecule has 0 aromatic rings. The van der Waals surface area contributed by atoms with Crippen LogP contribution in [0, 0.1) is 11.3 Å². The van der Waals surface area contributed by atoms with Crippen LogP contribution in [-0.2, 0) is 0 Å². The summed E-state index contributed by atoms with van der Waals surface area (Å²) in [5, 5.41) is 19.8. The molecule has 2 rings (SSSR count). The van der Waals surface area contributed by atoms with Crippen LogP contribution in [0.2, 0.25) is 0 Å². The Kier molecular flexibility index (Phi) is 2.37. The zero-order chi connectivity index (χ0) is 9.53. The van der Waals surface area contributed by atoms with Crippen molar-refractivity contribution >= 4 is 11.8 Å². The summed E-state index contributed by atoms with van der Waals surface area (Å²) < 4.78 is 0. The number of aliphatic hydroxyl groups is 2. The predicted octanol–water partition coefficient (Wildman–Crippen LogP) is 1.26. The first-order chi connectivity index (χ1) is 6.15. The minimum Gasteiger partial charge on any atom is -0.396 e. The quantitative estimate of drug-likeness (QED) is 0.708. The van der Waals surface area contributed by atoms with Gasteiger partial charge in [-0.1, -0.05) is 6.92 Å². The van der Waals surface area contributed by atoms with E-state index in [9.17, 15) is 10.2 Å². The summed E-state index contributed by atoms with van der Waals surface area (Å²) in [4.78, 5) is 0. The van der Waals surface area contributed by atoms with Gasteiger partial charge < -0.3 is 10.2 Å². The van der Waals surface area contributed by atoms with Gasteiger partial charge in [0.05, 0.1) is 12.2 Å². The largest absolute Gasteiger partial charge is 0.396 e. The molecule has 1 aliphatic carbocycles. The van der Waals surface area contributed by atoms with Gasteiger partial charge in [-0.3, -0.25) is 0 Å². The van der Waals surface area contributed by atoms with Crippen molar-refractivity contribution in [2.45, 2.75) is 31.8 Å². The highest BCUT2D eigenvalue weighted by Crippen LogP contribution is 2.62. The van der Waals surface area contributed by atoms with Gasteiger partial charge in [0.1, 0.15) is 0 Å². The van der Waals surface area contributed by atoms with Gasteiger partial charge in [-0.2, -0.15) is 11.8 Å². The van der Waals surface area contributed by atoms with Gasteiger partial charge in [0, 0.05) is 5.41 Å². The topological polar surface area (TPSA) is 40.5 Å². The van der Waals surface area contributed by atoms with Crippen molar-refractivity contribution in [2.24, 2.45) is 11.3 Å². The van der Waals surface area contributed by atoms with E-state index in [0.717, 1.165) is 30.8 Å². The molecule has 2 unspecified atom stereocenters. The Hall–Kier alpha value is 0.270. The molecular weight excluding hydrogens is 184 g/mol. The first kappa shape index (κ1) is 9.81. The number of thioether (sulfide) groups is 1. The van der Waals surface area contributed by atoms with Crippen LogP contribution in [0.4, 0.5) is 0 Å². The monoisotopic (exact) mass is 202 g/mol. The normalized spacial score (nSPS) is 43.2. The Bertz CT molecular complexity index is 197. The van der Waals surface area contributed by atoms with Crippen molar-refractivity contribution < 1.29 is 10.2 Å². The van der Waals surface area contributed by atoms with E-state index in [2.05, 4.69) is 6.92 Å². The zero-order valence-corrected chi connectivity index (χ0v) is 8.94. The van der Waals surface area contributed by atoms with Crippen molar-refractivity contribution in [3.63, 3.8) is 0 Å². The highest BCUT2D eigenvalue weighted by Gasteiger charge is 2.63. The van der Waals surface area contributed by atoms with Gasteiger partial charge in [-0.25, -0.2) is 0 Å². The van der Waals surface area contributed by atoms with Crippen LogP contribution < -0.4 is 0 Å². The Labute approximate surface area is 83.7 Å². The van der Waals surface area contributed by atoms with Crippen molar-refractivity contribution in [3.8, 4) is 0 Å². The van der Waals surface area contributed by atoms with E-state index in [1.54, 1.807) is 0 Å². The van der Waals surface area contributed by atoms with Gasteiger partial charge in [0.15, 0.2) is 0 Å². The highest BCUT2D eigenvalue weighted by molar-refractivity contribution is 7.99. The van der Waals surface area contributed by atoms with E-state index in [0.29, 0.717) is 5.92 Å². The number of rotatable bonds is 2. The maximum Gasteiger partial charge on any atom is 0.0744 e. The van der Waals surface area contributed by atoms with E-state index >= 15 is 0 Å². The Morgan fingerprint density at radius 3 is 2.31 bits per heavy atom. The van der Waals surface area contributed by atoms with Gasteiger partial charge in [0.25, 0.3) is 0 Å². The number of aliphatic hydroxyl groups excluding tert-OH is 1. The molecule has 1 heterocycles. The fourth-order valence-corrected chi connectivity index (χ4v) is 3.88. The minimum absolute atomic E-state index is 0.145. The lowest BCUT2D eigenvalue weighted by Gasteiger charge is -2.39. The second kappa shape index (κ2) is 3.14. The smallest absolute Gasteiger partial charge is 0.0744 e. The van der Waals surface area contributed by atoms with E-state index in [1.807, 2.05) is 11.8 Å². The highest BCUT2D eigenvalue weighted by atomic mass is 32.2. The Morgan fingerprint density at radius 2 is 1.92 bits per heavy atom. The Balaban J connectivity index is 2.12. The summed E-state index contributed by atoms with van der Waals surface area (Å²) in [5.74, 6) is 2.60. The SMILES string of the molecule is CC1CC1(CO)C1(O)CCSCC1. The van der Waals surface area contributed by atoms with Gasteiger partial charge >= 0.3 is 0 Å². The average molecular weight is 202 g/mol. The molecule has 0 bridgehead atoms. The average Bonchev–Trinajstić information content (AvgIpc) is 2.80. The maximum absolute atomic E-state index is 10.5. The molecule has 1 aliphatic heterocycles. The molecule has 0 amide bonds. The number of hydrogen-bond acceptors (Lipinski definition) is 3. The summed E-state index contributed by atoms with van der Waals surface area (Å²) in [5.41, 5.74) is -0.708. The molecule has 1 saturated carbocycles. The summed E-state index contributed by atoms with van der Waals surface area (Å²) in [6.45, 7) is 2.30. The van der Waals surface area contributed by atoms with Crippen LogP contribution >= 0.6 is 11.8 Å². The van der Waals surface area contributed by atoms with E-state index in [4.69, 9.17) is 0 Å². The molecule has 1 saturated heterocycles. The maximum atomic E-state index is 10.5. The molecule has 3 heteroatoms. The molecule has 2 N–H and O–H groups in total. The predicted molar refractivity (Wildman–Crippen MR) is 54.8 cm³/mol. The van der Waals surface area contributed by atoms with Crippen LogP contribution in [0.25, 0.3) is 0 Å². The molecule has 0 aromatic carbocycles. The second-order valence-electron chi connectivity index (χ2n) is 4.56. The minimum atomic E-state index is -0.563. The molecule has 0 spiro atoms. The molecule has 2 aliphatic rings. The zero-order valence-electron chi connectivity index (χ0n) is 8.12. The van der Waals surface area contributed by atoms with E-state index in [1.165, 1.54) is 0 Å². The fraction of sp³-hybridized carbons (Fsp3) is 1.00. The summed E-state index contributed by atoms with van der Waals surface area (Å²) in [7, 11) is 0. The Morgan fingerprint density at radius 1 is 1.38 bits per heavy atom. The molecule has 2 fully saturated rings. The molecule has 76 valence electrons. The molecule has 2 atom stereocenters. The number of hydrogen-bond donors (Lipinski definition) is 2. The van der Waals surface area contributed by atoms with Crippen molar-refractivity contribution in [3.05, 3.63) is 0 Å². The van der Waals surface area contributed by atoms with Gasteiger partial charge in [-0.15, -0.1) is 0 Å². The molecule has 2 nitrogen and oxygen atoms in total. The third-order valence-corrected chi connectivity index (χ3v) is 4.97. The van der Waals surface area contributed by atoms with Crippen LogP contribution in [0.5, 0.6) is 0 Å². The molecule has 13 heavy (non-hydrogen) atoms. The lowest BCUT2D eigenvalue weighted by molar-refractivity contribution is -0.0679. The van der Waals surface area contributed by atoms with Crippen LogP contribution in [0.1, 0.15) is 26.2 Å².